The minimum Gasteiger partial charge on any atom is -0.466 e. The number of nitrogens with zero attached hydrogens (tertiary/aromatic N) is 3. The van der Waals surface area contributed by atoms with Gasteiger partial charge in [0.05, 0.1) is 24.5 Å². The van der Waals surface area contributed by atoms with Crippen LogP contribution in [0.2, 0.25) is 0 Å². The summed E-state index contributed by atoms with van der Waals surface area (Å²) in [5, 5.41) is 9.23. The fourth-order valence-corrected chi connectivity index (χ4v) is 6.78. The van der Waals surface area contributed by atoms with E-state index < -0.39 is 35.6 Å². The Balaban J connectivity index is 1.69. The molecule has 3 fully saturated rings. The Bertz CT molecular complexity index is 1040. The zero-order valence-electron chi connectivity index (χ0n) is 23.5. The van der Waals surface area contributed by atoms with Gasteiger partial charge in [0.1, 0.15) is 11.6 Å². The lowest BCUT2D eigenvalue weighted by atomic mass is 9.70. The zero-order chi connectivity index (χ0) is 28.2. The van der Waals surface area contributed by atoms with E-state index in [-0.39, 0.29) is 31.6 Å². The number of benzene rings is 1. The van der Waals surface area contributed by atoms with E-state index in [4.69, 9.17) is 9.47 Å². The number of hydrogen-bond acceptors (Lipinski definition) is 7. The first-order chi connectivity index (χ1) is 18.9. The third-order valence-corrected chi connectivity index (χ3v) is 8.52. The average molecular weight is 542 g/mol. The van der Waals surface area contributed by atoms with Gasteiger partial charge in [-0.1, -0.05) is 6.08 Å². The first-order valence-corrected chi connectivity index (χ1v) is 14.4. The van der Waals surface area contributed by atoms with Gasteiger partial charge < -0.3 is 29.3 Å². The second-order valence-corrected chi connectivity index (χ2v) is 10.6. The molecule has 39 heavy (non-hydrogen) atoms. The molecule has 3 saturated heterocycles. The van der Waals surface area contributed by atoms with Gasteiger partial charge in [-0.05, 0) is 77.1 Å². The van der Waals surface area contributed by atoms with Crippen molar-refractivity contribution >= 4 is 29.2 Å². The molecule has 3 aliphatic heterocycles. The van der Waals surface area contributed by atoms with Crippen molar-refractivity contribution in [1.29, 1.82) is 0 Å². The number of aliphatic hydroxyl groups is 1. The third-order valence-electron chi connectivity index (χ3n) is 8.52. The van der Waals surface area contributed by atoms with Crippen LogP contribution in [0.25, 0.3) is 0 Å². The van der Waals surface area contributed by atoms with E-state index in [1.54, 1.807) is 22.8 Å². The first-order valence-electron chi connectivity index (χ1n) is 14.4. The Labute approximate surface area is 231 Å². The van der Waals surface area contributed by atoms with Gasteiger partial charge in [-0.2, -0.15) is 0 Å². The summed E-state index contributed by atoms with van der Waals surface area (Å²) in [5.74, 6) is -2.31. The van der Waals surface area contributed by atoms with E-state index in [1.165, 1.54) is 0 Å². The van der Waals surface area contributed by atoms with Gasteiger partial charge in [0.15, 0.2) is 0 Å². The summed E-state index contributed by atoms with van der Waals surface area (Å²) in [6, 6.07) is 7.03. The number of unbranched alkanes of at least 4 members (excludes halogenated alkanes) is 2. The number of carbonyl (C=O) groups is 3. The Morgan fingerprint density at radius 1 is 1.15 bits per heavy atom. The Hall–Kier alpha value is -2.91. The lowest BCUT2D eigenvalue weighted by molar-refractivity contribution is -0.154. The number of esters is 1. The third kappa shape index (κ3) is 5.18. The molecule has 3 aliphatic rings. The monoisotopic (exact) mass is 541 g/mol. The van der Waals surface area contributed by atoms with Crippen molar-refractivity contribution in [2.75, 3.05) is 49.2 Å². The first kappa shape index (κ1) is 29.1. The van der Waals surface area contributed by atoms with Gasteiger partial charge >= 0.3 is 5.97 Å². The van der Waals surface area contributed by atoms with Gasteiger partial charge in [-0.15, -0.1) is 6.58 Å². The van der Waals surface area contributed by atoms with Crippen molar-refractivity contribution in [3.63, 3.8) is 0 Å². The van der Waals surface area contributed by atoms with Crippen LogP contribution in [0, 0.1) is 11.8 Å². The van der Waals surface area contributed by atoms with Gasteiger partial charge in [0, 0.05) is 44.2 Å². The number of aliphatic hydroxyl groups excluding tert-OH is 1. The molecule has 5 atom stereocenters. The lowest BCUT2D eigenvalue weighted by Crippen LogP contribution is -2.56. The summed E-state index contributed by atoms with van der Waals surface area (Å²) in [6.07, 6.45) is 4.40. The summed E-state index contributed by atoms with van der Waals surface area (Å²) < 4.78 is 11.8. The van der Waals surface area contributed by atoms with Crippen molar-refractivity contribution in [2.45, 2.75) is 70.6 Å². The van der Waals surface area contributed by atoms with Crippen LogP contribution in [0.15, 0.2) is 36.9 Å². The van der Waals surface area contributed by atoms with E-state index in [1.807, 2.05) is 24.3 Å². The van der Waals surface area contributed by atoms with E-state index in [2.05, 4.69) is 25.3 Å². The van der Waals surface area contributed by atoms with E-state index in [0.717, 1.165) is 30.9 Å². The molecule has 1 aromatic carbocycles. The molecule has 2 bridgehead atoms. The smallest absolute Gasteiger partial charge is 0.312 e. The molecule has 0 aromatic heterocycles. The van der Waals surface area contributed by atoms with Crippen molar-refractivity contribution in [3.8, 4) is 0 Å². The number of fused-ring (bicyclic) bond motifs is 1. The van der Waals surface area contributed by atoms with Crippen molar-refractivity contribution < 1.29 is 29.0 Å². The maximum Gasteiger partial charge on any atom is 0.312 e. The molecular weight excluding hydrogens is 498 g/mol. The van der Waals surface area contributed by atoms with Crippen LogP contribution in [0.5, 0.6) is 0 Å². The zero-order valence-corrected chi connectivity index (χ0v) is 23.5. The number of likely N-dealkylation sites (tertiary alicyclic amines) is 1. The van der Waals surface area contributed by atoms with Crippen LogP contribution in [0.4, 0.5) is 11.4 Å². The van der Waals surface area contributed by atoms with E-state index in [9.17, 15) is 19.5 Å². The number of carbonyl (C=O) groups excluding carboxylic acids is 3. The van der Waals surface area contributed by atoms with Crippen LogP contribution >= 0.6 is 0 Å². The maximum atomic E-state index is 14.5. The molecule has 4 rings (SSSR count). The quantitative estimate of drug-likeness (QED) is 0.219. The number of rotatable bonds is 14. The average Bonchev–Trinajstić information content (AvgIpc) is 3.58. The second kappa shape index (κ2) is 12.5. The van der Waals surface area contributed by atoms with Gasteiger partial charge in [0.2, 0.25) is 5.91 Å². The predicted molar refractivity (Wildman–Crippen MR) is 149 cm³/mol. The standard InChI is InChI=1S/C30H43N3O6/c1-5-18-32(22-14-12-21(13-15-22)31(6-2)7-3)28(36)26-30-17-16-23(39-30)24(29(37)38-8-4)25(30)27(35)33(26)19-10-9-11-20-34/h5,12-15,23-26,34H,1,6-11,16-20H2,2-4H3/t23-,24+,25+,26-,30+/m0/s1. The number of hydrogen-bond donors (Lipinski definition) is 1. The summed E-state index contributed by atoms with van der Waals surface area (Å²) >= 11 is 0. The maximum absolute atomic E-state index is 14.5. The van der Waals surface area contributed by atoms with Crippen molar-refractivity contribution in [1.82, 2.24) is 4.90 Å². The molecule has 1 aromatic rings. The molecule has 2 amide bonds. The molecule has 0 saturated carbocycles. The fraction of sp³-hybridized carbons (Fsp3) is 0.633. The highest BCUT2D eigenvalue weighted by Gasteiger charge is 2.75. The summed E-state index contributed by atoms with van der Waals surface area (Å²) in [6.45, 7) is 12.5. The molecule has 1 N–H and O–H groups in total. The molecule has 0 radical (unpaired) electrons. The summed E-state index contributed by atoms with van der Waals surface area (Å²) in [4.78, 5) is 47.0. The van der Waals surface area contributed by atoms with Crippen molar-refractivity contribution in [2.24, 2.45) is 11.8 Å². The van der Waals surface area contributed by atoms with Crippen LogP contribution < -0.4 is 9.80 Å². The summed E-state index contributed by atoms with van der Waals surface area (Å²) in [7, 11) is 0. The minimum absolute atomic E-state index is 0.0786. The van der Waals surface area contributed by atoms with Gasteiger partial charge in [-0.25, -0.2) is 0 Å². The SMILES string of the molecule is C=CCN(C(=O)[C@@H]1N(CCCCCO)C(=O)[C@H]2[C@H](C(=O)OCC)[C@@H]3CC[C@]12O3)c1ccc(N(CC)CC)cc1. The molecule has 3 heterocycles. The van der Waals surface area contributed by atoms with Crippen LogP contribution in [-0.4, -0.2) is 84.9 Å². The second-order valence-electron chi connectivity index (χ2n) is 10.6. The molecule has 0 aliphatic carbocycles. The van der Waals surface area contributed by atoms with Crippen molar-refractivity contribution in [3.05, 3.63) is 36.9 Å². The Kier molecular flexibility index (Phi) is 9.33. The normalized spacial score (nSPS) is 27.0. The molecular formula is C30H43N3O6. The van der Waals surface area contributed by atoms with Gasteiger partial charge in [0.25, 0.3) is 5.91 Å². The Morgan fingerprint density at radius 3 is 2.46 bits per heavy atom. The minimum atomic E-state index is -1.06. The van der Waals surface area contributed by atoms with E-state index in [0.29, 0.717) is 32.2 Å². The highest BCUT2D eigenvalue weighted by molar-refractivity contribution is 6.04. The molecule has 214 valence electrons. The van der Waals surface area contributed by atoms with Gasteiger partial charge in [-0.3, -0.25) is 14.4 Å². The fourth-order valence-electron chi connectivity index (χ4n) is 6.78. The molecule has 9 nitrogen and oxygen atoms in total. The number of amides is 2. The highest BCUT2D eigenvalue weighted by atomic mass is 16.6. The lowest BCUT2D eigenvalue weighted by Gasteiger charge is -2.37. The number of anilines is 2. The predicted octanol–water partition coefficient (Wildman–Crippen LogP) is 3.15. The summed E-state index contributed by atoms with van der Waals surface area (Å²) in [5.41, 5.74) is 0.733. The van der Waals surface area contributed by atoms with E-state index >= 15 is 0 Å². The highest BCUT2D eigenvalue weighted by Crippen LogP contribution is 2.59. The largest absolute Gasteiger partial charge is 0.466 e. The van der Waals surface area contributed by atoms with Crippen LogP contribution in [-0.2, 0) is 23.9 Å². The van der Waals surface area contributed by atoms with Crippen LogP contribution in [0.1, 0.15) is 52.9 Å². The topological polar surface area (TPSA) is 99.6 Å². The number of ether oxygens (including phenoxy) is 2. The molecule has 1 spiro atoms. The molecule has 0 unspecified atom stereocenters. The Morgan fingerprint density at radius 2 is 1.85 bits per heavy atom. The molecule has 9 heteroatoms. The van der Waals surface area contributed by atoms with Crippen LogP contribution in [0.3, 0.4) is 0 Å².